The van der Waals surface area contributed by atoms with Crippen molar-refractivity contribution in [3.63, 3.8) is 0 Å². The average molecular weight is 559 g/mol. The highest BCUT2D eigenvalue weighted by Crippen LogP contribution is 2.15. The molecule has 1 saturated heterocycles. The van der Waals surface area contributed by atoms with Crippen LogP contribution in [0.2, 0.25) is 0 Å². The molecule has 1 fully saturated rings. The molecule has 1 aromatic carbocycles. The highest BCUT2D eigenvalue weighted by Gasteiger charge is 2.34. The molecule has 4 amide bonds. The van der Waals surface area contributed by atoms with Gasteiger partial charge in [-0.2, -0.15) is 0 Å². The molecule has 220 valence electrons. The molecular weight excluding hydrogens is 516 g/mol. The first-order valence-electron chi connectivity index (χ1n) is 13.7. The summed E-state index contributed by atoms with van der Waals surface area (Å²) in [6, 6.07) is 2.75. The van der Waals surface area contributed by atoms with Crippen molar-refractivity contribution < 1.29 is 33.8 Å². The normalized spacial score (nSPS) is 24.7. The van der Waals surface area contributed by atoms with E-state index in [0.29, 0.717) is 18.6 Å². The number of amides is 4. The van der Waals surface area contributed by atoms with Crippen molar-refractivity contribution in [3.8, 4) is 5.75 Å². The fourth-order valence-corrected chi connectivity index (χ4v) is 4.21. The third kappa shape index (κ3) is 10.0. The van der Waals surface area contributed by atoms with Gasteiger partial charge in [0.25, 0.3) is 0 Å². The van der Waals surface area contributed by atoms with Gasteiger partial charge < -0.3 is 31.1 Å². The van der Waals surface area contributed by atoms with Crippen molar-refractivity contribution in [1.82, 2.24) is 21.3 Å². The molecule has 0 aromatic heterocycles. The van der Waals surface area contributed by atoms with Crippen LogP contribution in [0.25, 0.3) is 0 Å². The molecule has 1 aliphatic rings. The molecule has 0 unspecified atom stereocenters. The number of ether oxygens (including phenoxy) is 1. The quantitative estimate of drug-likeness (QED) is 0.226. The van der Waals surface area contributed by atoms with Gasteiger partial charge in [0.15, 0.2) is 0 Å². The molecule has 40 heavy (non-hydrogen) atoms. The summed E-state index contributed by atoms with van der Waals surface area (Å²) in [4.78, 5) is 64.4. The van der Waals surface area contributed by atoms with E-state index in [0.717, 1.165) is 0 Å². The standard InChI is InChI=1S/C29H42N4O7/c1-6-40-24(35)11-9-7-8-10-22-18(4)26(36)33-25(17(2)3)29(39)30-19(5)27(37)32-23(28(38)31-22)16-20-12-14-21(34)15-13-20/h7-8,12-15,17-19,22-23,25,34H,6,9-11,16H2,1-5H3,(H,30,39)(H,31,38)(H,32,37)(H,33,36)/b8-7-/t18-,19+,22+,23+,25+/m0/s1. The molecule has 2 rings (SSSR count). The van der Waals surface area contributed by atoms with Gasteiger partial charge >= 0.3 is 5.97 Å². The number of carbonyl (C=O) groups is 5. The van der Waals surface area contributed by atoms with Crippen molar-refractivity contribution >= 4 is 29.6 Å². The molecule has 0 radical (unpaired) electrons. The molecule has 1 aromatic rings. The Morgan fingerprint density at radius 1 is 0.925 bits per heavy atom. The lowest BCUT2D eigenvalue weighted by molar-refractivity contribution is -0.143. The van der Waals surface area contributed by atoms with E-state index in [4.69, 9.17) is 4.74 Å². The SMILES string of the molecule is CCOC(=O)CC/C=C\C[C@H]1NC(=O)[C@@H](Cc2ccc(O)cc2)NC(=O)[C@@H](C)NC(=O)[C@@H](C(C)C)NC(=O)[C@H]1C. The first kappa shape index (κ1) is 32.3. The van der Waals surface area contributed by atoms with E-state index >= 15 is 0 Å². The minimum atomic E-state index is -1.01. The molecular formula is C29H42N4O7. The second-order valence-electron chi connectivity index (χ2n) is 10.3. The van der Waals surface area contributed by atoms with Gasteiger partial charge in [-0.25, -0.2) is 0 Å². The van der Waals surface area contributed by atoms with Crippen LogP contribution in [0.3, 0.4) is 0 Å². The maximum Gasteiger partial charge on any atom is 0.306 e. The van der Waals surface area contributed by atoms with Crippen LogP contribution in [-0.2, 0) is 35.1 Å². The molecule has 11 heteroatoms. The van der Waals surface area contributed by atoms with Crippen LogP contribution < -0.4 is 21.3 Å². The Bertz CT molecular complexity index is 1070. The Balaban J connectivity index is 2.35. The van der Waals surface area contributed by atoms with Crippen molar-refractivity contribution in [2.75, 3.05) is 6.61 Å². The summed E-state index contributed by atoms with van der Waals surface area (Å²) in [5.41, 5.74) is 0.695. The largest absolute Gasteiger partial charge is 0.508 e. The number of allylic oxidation sites excluding steroid dienone is 1. The Kier molecular flexibility index (Phi) is 12.6. The zero-order chi connectivity index (χ0) is 29.8. The number of nitrogens with one attached hydrogen (secondary N) is 4. The van der Waals surface area contributed by atoms with Gasteiger partial charge in [0.05, 0.1) is 12.5 Å². The number of rotatable bonds is 9. The summed E-state index contributed by atoms with van der Waals surface area (Å²) in [6.45, 7) is 8.79. The second-order valence-corrected chi connectivity index (χ2v) is 10.3. The van der Waals surface area contributed by atoms with Gasteiger partial charge in [-0.3, -0.25) is 24.0 Å². The second kappa shape index (κ2) is 15.6. The summed E-state index contributed by atoms with van der Waals surface area (Å²) in [5.74, 6) is -3.19. The van der Waals surface area contributed by atoms with Crippen LogP contribution in [0.5, 0.6) is 5.75 Å². The molecule has 0 saturated carbocycles. The van der Waals surface area contributed by atoms with Crippen molar-refractivity contribution in [3.05, 3.63) is 42.0 Å². The zero-order valence-corrected chi connectivity index (χ0v) is 23.9. The van der Waals surface area contributed by atoms with Gasteiger partial charge in [0.2, 0.25) is 23.6 Å². The average Bonchev–Trinajstić information content (AvgIpc) is 2.90. The molecule has 1 aliphatic heterocycles. The Morgan fingerprint density at radius 3 is 2.23 bits per heavy atom. The number of carbonyl (C=O) groups excluding carboxylic acids is 5. The van der Waals surface area contributed by atoms with Crippen LogP contribution in [0.1, 0.15) is 59.4 Å². The smallest absolute Gasteiger partial charge is 0.306 e. The predicted molar refractivity (Wildman–Crippen MR) is 149 cm³/mol. The van der Waals surface area contributed by atoms with Crippen LogP contribution >= 0.6 is 0 Å². The van der Waals surface area contributed by atoms with Gasteiger partial charge in [-0.1, -0.05) is 45.1 Å². The lowest BCUT2D eigenvalue weighted by atomic mass is 9.94. The zero-order valence-electron chi connectivity index (χ0n) is 23.9. The summed E-state index contributed by atoms with van der Waals surface area (Å²) in [7, 11) is 0. The molecule has 0 spiro atoms. The maximum absolute atomic E-state index is 13.5. The lowest BCUT2D eigenvalue weighted by Gasteiger charge is -2.28. The predicted octanol–water partition coefficient (Wildman–Crippen LogP) is 1.49. The molecule has 5 N–H and O–H groups in total. The Morgan fingerprint density at radius 2 is 1.60 bits per heavy atom. The van der Waals surface area contributed by atoms with Crippen molar-refractivity contribution in [2.45, 2.75) is 84.5 Å². The highest BCUT2D eigenvalue weighted by atomic mass is 16.5. The topological polar surface area (TPSA) is 163 Å². The molecule has 0 bridgehead atoms. The van der Waals surface area contributed by atoms with E-state index in [1.807, 2.05) is 0 Å². The summed E-state index contributed by atoms with van der Waals surface area (Å²) < 4.78 is 4.93. The van der Waals surface area contributed by atoms with Gasteiger partial charge in [-0.15, -0.1) is 0 Å². The van der Waals surface area contributed by atoms with E-state index in [1.54, 1.807) is 52.0 Å². The van der Waals surface area contributed by atoms with E-state index in [9.17, 15) is 29.1 Å². The van der Waals surface area contributed by atoms with E-state index in [-0.39, 0.29) is 36.9 Å². The number of hydrogen-bond donors (Lipinski definition) is 5. The lowest BCUT2D eigenvalue weighted by Crippen LogP contribution is -2.56. The van der Waals surface area contributed by atoms with Crippen LogP contribution in [0.15, 0.2) is 36.4 Å². The van der Waals surface area contributed by atoms with E-state index < -0.39 is 53.7 Å². The molecule has 0 aliphatic carbocycles. The first-order valence-corrected chi connectivity index (χ1v) is 13.7. The number of esters is 1. The van der Waals surface area contributed by atoms with E-state index in [2.05, 4.69) is 21.3 Å². The number of phenolic OH excluding ortho intramolecular Hbond substituents is 1. The third-order valence-corrected chi connectivity index (χ3v) is 6.73. The van der Waals surface area contributed by atoms with Crippen molar-refractivity contribution in [2.24, 2.45) is 11.8 Å². The fraction of sp³-hybridized carbons (Fsp3) is 0.552. The molecule has 11 nitrogen and oxygen atoms in total. The van der Waals surface area contributed by atoms with Crippen LogP contribution in [0, 0.1) is 11.8 Å². The van der Waals surface area contributed by atoms with Gasteiger partial charge in [-0.05, 0) is 50.3 Å². The van der Waals surface area contributed by atoms with Gasteiger partial charge in [0, 0.05) is 18.9 Å². The number of benzene rings is 1. The Hall–Kier alpha value is -3.89. The van der Waals surface area contributed by atoms with E-state index in [1.165, 1.54) is 19.1 Å². The maximum atomic E-state index is 13.5. The molecule has 5 atom stereocenters. The monoisotopic (exact) mass is 558 g/mol. The minimum Gasteiger partial charge on any atom is -0.508 e. The summed E-state index contributed by atoms with van der Waals surface area (Å²) >= 11 is 0. The number of hydrogen-bond acceptors (Lipinski definition) is 7. The number of aromatic hydroxyl groups is 1. The highest BCUT2D eigenvalue weighted by molar-refractivity contribution is 5.95. The minimum absolute atomic E-state index is 0.0675. The van der Waals surface area contributed by atoms with Crippen molar-refractivity contribution in [1.29, 1.82) is 0 Å². The third-order valence-electron chi connectivity index (χ3n) is 6.73. The molecule has 1 heterocycles. The van der Waals surface area contributed by atoms with Gasteiger partial charge in [0.1, 0.15) is 23.9 Å². The first-order chi connectivity index (χ1) is 18.9. The summed E-state index contributed by atoms with van der Waals surface area (Å²) in [6.07, 6.45) is 4.62. The Labute approximate surface area is 235 Å². The fourth-order valence-electron chi connectivity index (χ4n) is 4.21. The van der Waals surface area contributed by atoms with Crippen LogP contribution in [-0.4, -0.2) is 65.5 Å². The number of phenols is 1. The van der Waals surface area contributed by atoms with Crippen LogP contribution in [0.4, 0.5) is 0 Å². The summed E-state index contributed by atoms with van der Waals surface area (Å²) in [5, 5.41) is 20.7.